The highest BCUT2D eigenvalue weighted by Crippen LogP contribution is 2.43. The topological polar surface area (TPSA) is 59.3 Å². The molecule has 0 aromatic heterocycles. The molecule has 0 unspecified atom stereocenters. The molecule has 0 N–H and O–H groups in total. The highest BCUT2D eigenvalue weighted by molar-refractivity contribution is 5.64. The van der Waals surface area contributed by atoms with Gasteiger partial charge in [0.15, 0.2) is 5.79 Å². The van der Waals surface area contributed by atoms with Crippen LogP contribution in [0, 0.1) is 16.7 Å². The third-order valence-electron chi connectivity index (χ3n) is 3.17. The lowest BCUT2D eigenvalue weighted by molar-refractivity contribution is -0.186. The van der Waals surface area contributed by atoms with Crippen LogP contribution in [-0.2, 0) is 14.3 Å². The zero-order valence-electron chi connectivity index (χ0n) is 7.99. The van der Waals surface area contributed by atoms with Crippen molar-refractivity contribution in [1.29, 1.82) is 5.26 Å². The molecule has 2 fully saturated rings. The Bertz CT molecular complexity index is 266. The van der Waals surface area contributed by atoms with Crippen LogP contribution < -0.4 is 0 Å². The van der Waals surface area contributed by atoms with Gasteiger partial charge in [0.05, 0.1) is 19.3 Å². The molecular weight excluding hydrogens is 182 g/mol. The molecule has 1 aliphatic carbocycles. The van der Waals surface area contributed by atoms with E-state index in [0.717, 1.165) is 6.29 Å². The highest BCUT2D eigenvalue weighted by atomic mass is 16.7. The number of carbonyl (C=O) groups is 1. The summed E-state index contributed by atoms with van der Waals surface area (Å²) in [4.78, 5) is 10.8. The molecule has 1 heterocycles. The number of rotatable bonds is 1. The molecule has 2 rings (SSSR count). The van der Waals surface area contributed by atoms with E-state index in [1.54, 1.807) is 0 Å². The summed E-state index contributed by atoms with van der Waals surface area (Å²) in [6.07, 6.45) is 3.17. The standard InChI is InChI=1S/C10H13NO3/c11-7-9(8-12)1-3-10(4-2-9)13-5-6-14-10/h8H,1-6H2. The summed E-state index contributed by atoms with van der Waals surface area (Å²) in [5.74, 6) is -0.483. The number of nitrogens with zero attached hydrogens (tertiary/aromatic N) is 1. The molecule has 0 radical (unpaired) electrons. The first-order valence-corrected chi connectivity index (χ1v) is 4.90. The number of aldehydes is 1. The van der Waals surface area contributed by atoms with Crippen LogP contribution in [0.5, 0.6) is 0 Å². The van der Waals surface area contributed by atoms with Crippen LogP contribution in [0.15, 0.2) is 0 Å². The molecule has 0 aromatic carbocycles. The van der Waals surface area contributed by atoms with Crippen molar-refractivity contribution in [1.82, 2.24) is 0 Å². The van der Waals surface area contributed by atoms with Crippen LogP contribution in [-0.4, -0.2) is 25.3 Å². The minimum atomic E-state index is -0.791. The molecule has 2 aliphatic rings. The fourth-order valence-electron chi connectivity index (χ4n) is 2.12. The second-order valence-electron chi connectivity index (χ2n) is 3.99. The van der Waals surface area contributed by atoms with Crippen molar-refractivity contribution in [2.75, 3.05) is 13.2 Å². The molecule has 0 amide bonds. The lowest BCUT2D eigenvalue weighted by atomic mass is 9.74. The predicted molar refractivity (Wildman–Crippen MR) is 47.2 cm³/mol. The van der Waals surface area contributed by atoms with Gasteiger partial charge in [0.1, 0.15) is 11.7 Å². The first-order chi connectivity index (χ1) is 6.74. The monoisotopic (exact) mass is 195 g/mol. The van der Waals surface area contributed by atoms with E-state index in [1.165, 1.54) is 0 Å². The molecule has 1 saturated carbocycles. The third kappa shape index (κ3) is 1.43. The Morgan fingerprint density at radius 1 is 1.14 bits per heavy atom. The first kappa shape index (κ1) is 9.63. The maximum atomic E-state index is 10.8. The lowest BCUT2D eigenvalue weighted by Gasteiger charge is -2.36. The summed E-state index contributed by atoms with van der Waals surface area (Å²) in [6.45, 7) is 1.25. The molecule has 0 bridgehead atoms. The van der Waals surface area contributed by atoms with Gasteiger partial charge in [-0.05, 0) is 12.8 Å². The molecule has 0 aromatic rings. The van der Waals surface area contributed by atoms with Crippen molar-refractivity contribution < 1.29 is 14.3 Å². The van der Waals surface area contributed by atoms with E-state index >= 15 is 0 Å². The average molecular weight is 195 g/mol. The van der Waals surface area contributed by atoms with Gasteiger partial charge < -0.3 is 14.3 Å². The number of hydrogen-bond acceptors (Lipinski definition) is 4. The third-order valence-corrected chi connectivity index (χ3v) is 3.17. The normalized spacial score (nSPS) is 28.5. The van der Waals surface area contributed by atoms with Crippen LogP contribution in [0.4, 0.5) is 0 Å². The summed E-state index contributed by atoms with van der Waals surface area (Å²) >= 11 is 0. The molecule has 14 heavy (non-hydrogen) atoms. The van der Waals surface area contributed by atoms with Crippen molar-refractivity contribution in [3.8, 4) is 6.07 Å². The number of ether oxygens (including phenoxy) is 2. The van der Waals surface area contributed by atoms with Gasteiger partial charge in [-0.2, -0.15) is 5.26 Å². The van der Waals surface area contributed by atoms with Gasteiger partial charge in [0, 0.05) is 12.8 Å². The van der Waals surface area contributed by atoms with Gasteiger partial charge in [-0.3, -0.25) is 0 Å². The van der Waals surface area contributed by atoms with E-state index in [4.69, 9.17) is 14.7 Å². The Kier molecular flexibility index (Phi) is 2.30. The van der Waals surface area contributed by atoms with Crippen LogP contribution in [0.1, 0.15) is 25.7 Å². The van der Waals surface area contributed by atoms with E-state index < -0.39 is 11.2 Å². The van der Waals surface area contributed by atoms with Gasteiger partial charge in [-0.15, -0.1) is 0 Å². The summed E-state index contributed by atoms with van der Waals surface area (Å²) in [5, 5.41) is 8.91. The van der Waals surface area contributed by atoms with Crippen molar-refractivity contribution in [3.63, 3.8) is 0 Å². The number of hydrogen-bond donors (Lipinski definition) is 0. The maximum absolute atomic E-state index is 10.8. The van der Waals surface area contributed by atoms with Gasteiger partial charge in [-0.1, -0.05) is 0 Å². The second-order valence-corrected chi connectivity index (χ2v) is 3.99. The zero-order chi connectivity index (χ0) is 10.1. The molecular formula is C10H13NO3. The Morgan fingerprint density at radius 3 is 2.14 bits per heavy atom. The molecule has 1 spiro atoms. The van der Waals surface area contributed by atoms with Crippen LogP contribution >= 0.6 is 0 Å². The quantitative estimate of drug-likeness (QED) is 0.586. The van der Waals surface area contributed by atoms with Crippen molar-refractivity contribution in [3.05, 3.63) is 0 Å². The zero-order valence-corrected chi connectivity index (χ0v) is 7.99. The van der Waals surface area contributed by atoms with E-state index in [0.29, 0.717) is 38.9 Å². The minimum Gasteiger partial charge on any atom is -0.348 e. The molecule has 1 saturated heterocycles. The molecule has 76 valence electrons. The van der Waals surface area contributed by atoms with Crippen LogP contribution in [0.2, 0.25) is 0 Å². The Labute approximate surface area is 82.8 Å². The maximum Gasteiger partial charge on any atom is 0.168 e. The van der Waals surface area contributed by atoms with Crippen molar-refractivity contribution >= 4 is 6.29 Å². The van der Waals surface area contributed by atoms with E-state index in [-0.39, 0.29) is 0 Å². The lowest BCUT2D eigenvalue weighted by Crippen LogP contribution is -2.40. The van der Waals surface area contributed by atoms with E-state index in [1.807, 2.05) is 0 Å². The minimum absolute atomic E-state index is 0.483. The first-order valence-electron chi connectivity index (χ1n) is 4.90. The van der Waals surface area contributed by atoms with Gasteiger partial charge in [0.25, 0.3) is 0 Å². The Balaban J connectivity index is 2.04. The van der Waals surface area contributed by atoms with Crippen molar-refractivity contribution in [2.24, 2.45) is 5.41 Å². The van der Waals surface area contributed by atoms with Crippen LogP contribution in [0.3, 0.4) is 0 Å². The molecule has 4 nitrogen and oxygen atoms in total. The average Bonchev–Trinajstić information content (AvgIpc) is 2.69. The largest absolute Gasteiger partial charge is 0.348 e. The fourth-order valence-corrected chi connectivity index (χ4v) is 2.12. The summed E-state index contributed by atoms with van der Waals surface area (Å²) < 4.78 is 11.0. The number of carbonyl (C=O) groups excluding carboxylic acids is 1. The second kappa shape index (κ2) is 3.34. The molecule has 0 atom stereocenters. The van der Waals surface area contributed by atoms with E-state index in [2.05, 4.69) is 6.07 Å². The van der Waals surface area contributed by atoms with E-state index in [9.17, 15) is 4.79 Å². The Morgan fingerprint density at radius 2 is 1.71 bits per heavy atom. The smallest absolute Gasteiger partial charge is 0.168 e. The summed E-state index contributed by atoms with van der Waals surface area (Å²) in [6, 6.07) is 2.09. The van der Waals surface area contributed by atoms with Crippen molar-refractivity contribution in [2.45, 2.75) is 31.5 Å². The fraction of sp³-hybridized carbons (Fsp3) is 0.800. The van der Waals surface area contributed by atoms with Gasteiger partial charge in [-0.25, -0.2) is 0 Å². The number of nitriles is 1. The summed E-state index contributed by atoms with van der Waals surface area (Å²) in [5.41, 5.74) is -0.791. The molecule has 1 aliphatic heterocycles. The Hall–Kier alpha value is -0.920. The van der Waals surface area contributed by atoms with Gasteiger partial charge in [0.2, 0.25) is 0 Å². The van der Waals surface area contributed by atoms with Gasteiger partial charge >= 0.3 is 0 Å². The molecule has 4 heteroatoms. The summed E-state index contributed by atoms with van der Waals surface area (Å²) in [7, 11) is 0. The SMILES string of the molecule is N#CC1(C=O)CCC2(CC1)OCCO2. The predicted octanol–water partition coefficient (Wildman–Crippen LogP) is 1.01. The van der Waals surface area contributed by atoms with Crippen LogP contribution in [0.25, 0.3) is 0 Å². The highest BCUT2D eigenvalue weighted by Gasteiger charge is 2.46.